The SMILES string of the molecule is Cc1cc(/C=C(/C#N)C(=O)OCc2nc(-c3ccccc3)no2)c(C)n1CC(C)C. The molecule has 2 heterocycles. The molecule has 0 bridgehead atoms. The van der Waals surface area contributed by atoms with Crippen LogP contribution in [0.15, 0.2) is 46.5 Å². The van der Waals surface area contributed by atoms with Gasteiger partial charge in [-0.25, -0.2) is 4.79 Å². The molecule has 0 atom stereocenters. The number of benzene rings is 1. The van der Waals surface area contributed by atoms with Crippen molar-refractivity contribution in [2.45, 2.75) is 40.8 Å². The van der Waals surface area contributed by atoms with Gasteiger partial charge in [-0.2, -0.15) is 10.2 Å². The number of carbonyl (C=O) groups excluding carboxylic acids is 1. The molecule has 7 nitrogen and oxygen atoms in total. The van der Waals surface area contributed by atoms with Crippen LogP contribution in [0.5, 0.6) is 0 Å². The standard InChI is InChI=1S/C23H24N4O3/c1-15(2)13-27-16(3)10-19(17(27)4)11-20(12-24)23(28)29-14-21-25-22(26-30-21)18-8-6-5-7-9-18/h5-11,15H,13-14H2,1-4H3/b20-11-. The van der Waals surface area contributed by atoms with Crippen molar-refractivity contribution in [3.8, 4) is 17.5 Å². The number of aromatic nitrogens is 3. The number of nitriles is 1. The average molecular weight is 404 g/mol. The molecule has 0 fully saturated rings. The highest BCUT2D eigenvalue weighted by Gasteiger charge is 2.16. The van der Waals surface area contributed by atoms with E-state index in [1.165, 1.54) is 0 Å². The molecule has 0 aliphatic carbocycles. The first-order valence-corrected chi connectivity index (χ1v) is 9.72. The van der Waals surface area contributed by atoms with Gasteiger partial charge in [0.1, 0.15) is 11.6 Å². The van der Waals surface area contributed by atoms with Crippen molar-refractivity contribution in [3.63, 3.8) is 0 Å². The summed E-state index contributed by atoms with van der Waals surface area (Å²) in [6, 6.07) is 13.2. The van der Waals surface area contributed by atoms with E-state index in [2.05, 4.69) is 28.6 Å². The number of nitrogens with zero attached hydrogens (tertiary/aromatic N) is 4. The molecule has 0 saturated carbocycles. The molecular weight excluding hydrogens is 380 g/mol. The molecule has 0 spiro atoms. The van der Waals surface area contributed by atoms with Crippen LogP contribution in [0.3, 0.4) is 0 Å². The van der Waals surface area contributed by atoms with Crippen LogP contribution in [0.2, 0.25) is 0 Å². The summed E-state index contributed by atoms with van der Waals surface area (Å²) in [7, 11) is 0. The zero-order chi connectivity index (χ0) is 21.7. The second-order valence-electron chi connectivity index (χ2n) is 7.45. The van der Waals surface area contributed by atoms with Crippen molar-refractivity contribution < 1.29 is 14.1 Å². The van der Waals surface area contributed by atoms with Crippen LogP contribution in [0.1, 0.15) is 36.7 Å². The Morgan fingerprint density at radius 2 is 2.03 bits per heavy atom. The van der Waals surface area contributed by atoms with E-state index >= 15 is 0 Å². The Labute approximate surface area is 175 Å². The average Bonchev–Trinajstić information content (AvgIpc) is 3.31. The molecule has 30 heavy (non-hydrogen) atoms. The van der Waals surface area contributed by atoms with E-state index < -0.39 is 5.97 Å². The highest BCUT2D eigenvalue weighted by atomic mass is 16.6. The number of aryl methyl sites for hydroxylation is 1. The molecule has 0 aliphatic rings. The van der Waals surface area contributed by atoms with Crippen LogP contribution in [-0.2, 0) is 22.7 Å². The normalized spacial score (nSPS) is 11.5. The number of rotatable bonds is 7. The van der Waals surface area contributed by atoms with Gasteiger partial charge in [-0.1, -0.05) is 49.3 Å². The number of hydrogen-bond acceptors (Lipinski definition) is 6. The van der Waals surface area contributed by atoms with E-state index in [1.54, 1.807) is 6.08 Å². The summed E-state index contributed by atoms with van der Waals surface area (Å²) in [6.45, 7) is 8.95. The van der Waals surface area contributed by atoms with Crippen molar-refractivity contribution in [2.24, 2.45) is 5.92 Å². The van der Waals surface area contributed by atoms with E-state index in [0.717, 1.165) is 29.1 Å². The minimum absolute atomic E-state index is 0.0809. The van der Waals surface area contributed by atoms with E-state index in [-0.39, 0.29) is 18.1 Å². The maximum atomic E-state index is 12.4. The first kappa shape index (κ1) is 21.1. The zero-order valence-corrected chi connectivity index (χ0v) is 17.5. The van der Waals surface area contributed by atoms with Crippen LogP contribution in [0.25, 0.3) is 17.5 Å². The van der Waals surface area contributed by atoms with E-state index in [0.29, 0.717) is 11.7 Å². The maximum absolute atomic E-state index is 12.4. The number of ether oxygens (including phenoxy) is 1. The van der Waals surface area contributed by atoms with Crippen molar-refractivity contribution in [1.29, 1.82) is 5.26 Å². The van der Waals surface area contributed by atoms with Crippen LogP contribution in [0.4, 0.5) is 0 Å². The lowest BCUT2D eigenvalue weighted by Crippen LogP contribution is -2.08. The lowest BCUT2D eigenvalue weighted by Gasteiger charge is -2.12. The highest BCUT2D eigenvalue weighted by Crippen LogP contribution is 2.20. The predicted octanol–water partition coefficient (Wildman–Crippen LogP) is 4.46. The topological polar surface area (TPSA) is 93.9 Å². The van der Waals surface area contributed by atoms with Gasteiger partial charge < -0.3 is 13.8 Å². The second-order valence-corrected chi connectivity index (χ2v) is 7.45. The third-order valence-electron chi connectivity index (χ3n) is 4.63. The van der Waals surface area contributed by atoms with Gasteiger partial charge in [-0.3, -0.25) is 0 Å². The van der Waals surface area contributed by atoms with Crippen molar-refractivity contribution in [2.75, 3.05) is 0 Å². The molecule has 2 aromatic heterocycles. The van der Waals surface area contributed by atoms with Gasteiger partial charge in [0.05, 0.1) is 0 Å². The first-order valence-electron chi connectivity index (χ1n) is 9.72. The van der Waals surface area contributed by atoms with Crippen LogP contribution < -0.4 is 0 Å². The van der Waals surface area contributed by atoms with Gasteiger partial charge in [0, 0.05) is 23.5 Å². The molecule has 0 amide bonds. The number of carbonyl (C=O) groups is 1. The van der Waals surface area contributed by atoms with Crippen molar-refractivity contribution in [3.05, 3.63) is 64.8 Å². The van der Waals surface area contributed by atoms with Crippen LogP contribution >= 0.6 is 0 Å². The Hall–Kier alpha value is -3.66. The van der Waals surface area contributed by atoms with Crippen LogP contribution in [0, 0.1) is 31.1 Å². The van der Waals surface area contributed by atoms with Gasteiger partial charge in [0.25, 0.3) is 5.89 Å². The summed E-state index contributed by atoms with van der Waals surface area (Å²) in [5.41, 5.74) is 3.63. The second kappa shape index (κ2) is 9.23. The fraction of sp³-hybridized carbons (Fsp3) is 0.304. The highest BCUT2D eigenvalue weighted by molar-refractivity contribution is 5.98. The summed E-state index contributed by atoms with van der Waals surface area (Å²) in [5, 5.41) is 13.3. The van der Waals surface area contributed by atoms with Gasteiger partial charge in [0.15, 0.2) is 6.61 Å². The Bertz CT molecular complexity index is 1100. The molecule has 7 heteroatoms. The third-order valence-corrected chi connectivity index (χ3v) is 4.63. The van der Waals surface area contributed by atoms with Crippen molar-refractivity contribution >= 4 is 12.0 Å². The monoisotopic (exact) mass is 404 g/mol. The van der Waals surface area contributed by atoms with Gasteiger partial charge in [-0.15, -0.1) is 0 Å². The Morgan fingerprint density at radius 1 is 1.30 bits per heavy atom. The Morgan fingerprint density at radius 3 is 2.70 bits per heavy atom. The summed E-state index contributed by atoms with van der Waals surface area (Å²) in [6.07, 6.45) is 1.56. The molecule has 3 rings (SSSR count). The fourth-order valence-electron chi connectivity index (χ4n) is 3.14. The summed E-state index contributed by atoms with van der Waals surface area (Å²) in [5.74, 6) is 0.331. The molecule has 0 N–H and O–H groups in total. The minimum Gasteiger partial charge on any atom is -0.451 e. The number of hydrogen-bond donors (Lipinski definition) is 0. The van der Waals surface area contributed by atoms with E-state index in [9.17, 15) is 10.1 Å². The molecule has 1 aromatic carbocycles. The molecular formula is C23H24N4O3. The molecule has 0 radical (unpaired) electrons. The lowest BCUT2D eigenvalue weighted by atomic mass is 10.1. The van der Waals surface area contributed by atoms with Gasteiger partial charge in [0.2, 0.25) is 5.82 Å². The van der Waals surface area contributed by atoms with Crippen LogP contribution in [-0.4, -0.2) is 20.7 Å². The number of esters is 1. The quantitative estimate of drug-likeness (QED) is 0.328. The summed E-state index contributed by atoms with van der Waals surface area (Å²) >= 11 is 0. The minimum atomic E-state index is -0.731. The molecule has 0 aliphatic heterocycles. The summed E-state index contributed by atoms with van der Waals surface area (Å²) < 4.78 is 12.5. The molecule has 0 saturated heterocycles. The summed E-state index contributed by atoms with van der Waals surface area (Å²) in [4.78, 5) is 16.6. The van der Waals surface area contributed by atoms with Gasteiger partial charge >= 0.3 is 5.97 Å². The lowest BCUT2D eigenvalue weighted by molar-refractivity contribution is -0.140. The Balaban J connectivity index is 1.70. The molecule has 3 aromatic rings. The predicted molar refractivity (Wildman–Crippen MR) is 112 cm³/mol. The maximum Gasteiger partial charge on any atom is 0.349 e. The fourth-order valence-corrected chi connectivity index (χ4v) is 3.14. The van der Waals surface area contributed by atoms with E-state index in [4.69, 9.17) is 9.26 Å². The smallest absolute Gasteiger partial charge is 0.349 e. The van der Waals surface area contributed by atoms with Crippen molar-refractivity contribution in [1.82, 2.24) is 14.7 Å². The van der Waals surface area contributed by atoms with Gasteiger partial charge in [-0.05, 0) is 37.5 Å². The third kappa shape index (κ3) is 4.84. The first-order chi connectivity index (χ1) is 14.4. The Kier molecular flexibility index (Phi) is 6.48. The largest absolute Gasteiger partial charge is 0.451 e. The zero-order valence-electron chi connectivity index (χ0n) is 17.5. The van der Waals surface area contributed by atoms with E-state index in [1.807, 2.05) is 56.3 Å². The molecule has 154 valence electrons. The molecule has 0 unspecified atom stereocenters.